The van der Waals surface area contributed by atoms with Gasteiger partial charge in [0.1, 0.15) is 0 Å². The number of hydrogen-bond acceptors (Lipinski definition) is 3. The number of hydrogen-bond donors (Lipinski definition) is 2. The molecule has 0 aliphatic carbocycles. The fraction of sp³-hybridized carbons (Fsp3) is 0.333. The summed E-state index contributed by atoms with van der Waals surface area (Å²) in [7, 11) is 0. The fourth-order valence-electron chi connectivity index (χ4n) is 2.29. The van der Waals surface area contributed by atoms with Crippen LogP contribution in [0, 0.1) is 11.8 Å². The van der Waals surface area contributed by atoms with Gasteiger partial charge in [0.2, 0.25) is 5.91 Å². The second kappa shape index (κ2) is 7.59. The molecular weight excluding hydrogens is 309 g/mol. The first kappa shape index (κ1) is 17.7. The standard InChI is InChI=1S/C15H17N3O.2ClH/c1-10(12-8-16-9-12)15(19)18-13-4-5-14-11(7-13)3-2-6-17-14;;/h2-7,10,12,16H,8-9H2,1H3,(H,18,19);2*1H. The summed E-state index contributed by atoms with van der Waals surface area (Å²) in [6.45, 7) is 3.87. The van der Waals surface area contributed by atoms with Crippen molar-refractivity contribution in [1.29, 1.82) is 0 Å². The number of nitrogens with zero attached hydrogens (tertiary/aromatic N) is 1. The highest BCUT2D eigenvalue weighted by Crippen LogP contribution is 2.20. The van der Waals surface area contributed by atoms with Gasteiger partial charge in [0, 0.05) is 23.2 Å². The Bertz CT molecular complexity index is 617. The van der Waals surface area contributed by atoms with Crippen LogP contribution in [0.3, 0.4) is 0 Å². The lowest BCUT2D eigenvalue weighted by Gasteiger charge is -2.31. The number of anilines is 1. The Morgan fingerprint density at radius 2 is 2.10 bits per heavy atom. The van der Waals surface area contributed by atoms with Crippen LogP contribution in [-0.2, 0) is 4.79 Å². The quantitative estimate of drug-likeness (QED) is 0.911. The Morgan fingerprint density at radius 1 is 1.33 bits per heavy atom. The fourth-order valence-corrected chi connectivity index (χ4v) is 2.29. The number of rotatable bonds is 3. The highest BCUT2D eigenvalue weighted by Gasteiger charge is 2.28. The molecule has 1 aliphatic rings. The number of aromatic nitrogens is 1. The summed E-state index contributed by atoms with van der Waals surface area (Å²) in [6, 6.07) is 9.69. The van der Waals surface area contributed by atoms with Crippen molar-refractivity contribution in [3.63, 3.8) is 0 Å². The molecule has 1 fully saturated rings. The number of carbonyl (C=O) groups excluding carboxylic acids is 1. The van der Waals surface area contributed by atoms with Crippen LogP contribution in [0.2, 0.25) is 0 Å². The highest BCUT2D eigenvalue weighted by atomic mass is 35.5. The molecule has 1 unspecified atom stereocenters. The molecule has 1 saturated heterocycles. The maximum atomic E-state index is 12.1. The highest BCUT2D eigenvalue weighted by molar-refractivity contribution is 5.95. The average Bonchev–Trinajstić information content (AvgIpc) is 2.36. The molecule has 1 aliphatic heterocycles. The van der Waals surface area contributed by atoms with E-state index in [1.54, 1.807) is 6.20 Å². The Morgan fingerprint density at radius 3 is 2.76 bits per heavy atom. The zero-order valence-corrected chi connectivity index (χ0v) is 13.3. The molecule has 1 amide bonds. The zero-order chi connectivity index (χ0) is 13.2. The van der Waals surface area contributed by atoms with E-state index in [2.05, 4.69) is 15.6 Å². The van der Waals surface area contributed by atoms with E-state index >= 15 is 0 Å². The summed E-state index contributed by atoms with van der Waals surface area (Å²) in [5.74, 6) is 0.600. The Labute approximate surface area is 136 Å². The van der Waals surface area contributed by atoms with Gasteiger partial charge >= 0.3 is 0 Å². The lowest BCUT2D eigenvalue weighted by atomic mass is 9.88. The number of fused-ring (bicyclic) bond motifs is 1. The summed E-state index contributed by atoms with van der Waals surface area (Å²) in [5, 5.41) is 7.23. The van der Waals surface area contributed by atoms with E-state index in [0.717, 1.165) is 29.7 Å². The number of pyridine rings is 1. The molecule has 4 nitrogen and oxygen atoms in total. The Kier molecular flexibility index (Phi) is 6.40. The molecule has 21 heavy (non-hydrogen) atoms. The molecule has 0 bridgehead atoms. The molecule has 0 spiro atoms. The molecule has 1 aromatic carbocycles. The smallest absolute Gasteiger partial charge is 0.227 e. The predicted octanol–water partition coefficient (Wildman–Crippen LogP) is 2.87. The van der Waals surface area contributed by atoms with Crippen LogP contribution in [-0.4, -0.2) is 24.0 Å². The first-order chi connectivity index (χ1) is 9.24. The Balaban J connectivity index is 0.00000110. The molecule has 3 rings (SSSR count). The van der Waals surface area contributed by atoms with Gasteiger partial charge in [-0.25, -0.2) is 0 Å². The lowest BCUT2D eigenvalue weighted by Crippen LogP contribution is -2.48. The van der Waals surface area contributed by atoms with E-state index < -0.39 is 0 Å². The van der Waals surface area contributed by atoms with Gasteiger partial charge in [-0.2, -0.15) is 0 Å². The summed E-state index contributed by atoms with van der Waals surface area (Å²) in [4.78, 5) is 16.4. The zero-order valence-electron chi connectivity index (χ0n) is 11.7. The van der Waals surface area contributed by atoms with Gasteiger partial charge < -0.3 is 10.6 Å². The monoisotopic (exact) mass is 327 g/mol. The van der Waals surface area contributed by atoms with E-state index in [1.807, 2.05) is 37.3 Å². The molecule has 0 radical (unpaired) electrons. The molecule has 0 saturated carbocycles. The third kappa shape index (κ3) is 3.84. The van der Waals surface area contributed by atoms with Crippen LogP contribution in [0.4, 0.5) is 5.69 Å². The Hall–Kier alpha value is -1.36. The minimum absolute atomic E-state index is 0. The summed E-state index contributed by atoms with van der Waals surface area (Å²) < 4.78 is 0. The van der Waals surface area contributed by atoms with Crippen LogP contribution in [0.5, 0.6) is 0 Å². The van der Waals surface area contributed by atoms with Crippen molar-refractivity contribution in [3.05, 3.63) is 36.5 Å². The maximum Gasteiger partial charge on any atom is 0.227 e. The topological polar surface area (TPSA) is 54.0 Å². The number of carbonyl (C=O) groups is 1. The summed E-state index contributed by atoms with van der Waals surface area (Å²) in [5.41, 5.74) is 1.78. The lowest BCUT2D eigenvalue weighted by molar-refractivity contribution is -0.121. The number of benzene rings is 1. The summed E-state index contributed by atoms with van der Waals surface area (Å²) >= 11 is 0. The molecule has 2 N–H and O–H groups in total. The third-order valence-electron chi connectivity index (χ3n) is 3.80. The average molecular weight is 328 g/mol. The van der Waals surface area contributed by atoms with E-state index in [1.165, 1.54) is 0 Å². The van der Waals surface area contributed by atoms with Crippen LogP contribution >= 0.6 is 24.8 Å². The van der Waals surface area contributed by atoms with E-state index in [4.69, 9.17) is 0 Å². The summed E-state index contributed by atoms with van der Waals surface area (Å²) in [6.07, 6.45) is 1.77. The van der Waals surface area contributed by atoms with Gasteiger partial charge in [-0.15, -0.1) is 24.8 Å². The molecule has 1 atom stereocenters. The minimum Gasteiger partial charge on any atom is -0.326 e. The number of nitrogens with one attached hydrogen (secondary N) is 2. The van der Waals surface area contributed by atoms with Crippen LogP contribution in [0.25, 0.3) is 10.9 Å². The minimum atomic E-state index is 0. The normalized spacial score (nSPS) is 15.3. The van der Waals surface area contributed by atoms with Crippen LogP contribution in [0.15, 0.2) is 36.5 Å². The van der Waals surface area contributed by atoms with Crippen molar-refractivity contribution in [2.24, 2.45) is 11.8 Å². The van der Waals surface area contributed by atoms with Crippen LogP contribution < -0.4 is 10.6 Å². The molecule has 114 valence electrons. The van der Waals surface area contributed by atoms with E-state index in [-0.39, 0.29) is 36.6 Å². The first-order valence-corrected chi connectivity index (χ1v) is 6.60. The van der Waals surface area contributed by atoms with E-state index in [9.17, 15) is 4.79 Å². The maximum absolute atomic E-state index is 12.1. The van der Waals surface area contributed by atoms with Crippen molar-refractivity contribution in [1.82, 2.24) is 10.3 Å². The van der Waals surface area contributed by atoms with E-state index in [0.29, 0.717) is 5.92 Å². The third-order valence-corrected chi connectivity index (χ3v) is 3.80. The second-order valence-electron chi connectivity index (χ2n) is 5.11. The molecule has 2 heterocycles. The van der Waals surface area contributed by atoms with Gasteiger partial charge in [0.25, 0.3) is 0 Å². The number of amides is 1. The number of halogens is 2. The van der Waals surface area contributed by atoms with Gasteiger partial charge in [-0.1, -0.05) is 13.0 Å². The molecular formula is C15H19Cl2N3O. The largest absolute Gasteiger partial charge is 0.326 e. The van der Waals surface area contributed by atoms with Gasteiger partial charge in [0.05, 0.1) is 5.52 Å². The second-order valence-corrected chi connectivity index (χ2v) is 5.11. The SMILES string of the molecule is CC(C(=O)Nc1ccc2ncccc2c1)C1CNC1.Cl.Cl. The predicted molar refractivity (Wildman–Crippen MR) is 90.4 cm³/mol. The van der Waals surface area contributed by atoms with Gasteiger partial charge in [0.15, 0.2) is 0 Å². The van der Waals surface area contributed by atoms with Crippen molar-refractivity contribution < 1.29 is 4.79 Å². The van der Waals surface area contributed by atoms with Crippen LogP contribution in [0.1, 0.15) is 6.92 Å². The molecule has 2 aromatic rings. The van der Waals surface area contributed by atoms with Crippen molar-refractivity contribution in [2.45, 2.75) is 6.92 Å². The molecule has 1 aromatic heterocycles. The van der Waals surface area contributed by atoms with Crippen molar-refractivity contribution in [3.8, 4) is 0 Å². The first-order valence-electron chi connectivity index (χ1n) is 6.60. The van der Waals surface area contributed by atoms with Crippen molar-refractivity contribution in [2.75, 3.05) is 18.4 Å². The van der Waals surface area contributed by atoms with Crippen molar-refractivity contribution >= 4 is 47.3 Å². The van der Waals surface area contributed by atoms with Gasteiger partial charge in [-0.3, -0.25) is 9.78 Å². The van der Waals surface area contributed by atoms with Gasteiger partial charge in [-0.05, 0) is 43.3 Å². The molecule has 6 heteroatoms.